The molecule has 0 aliphatic carbocycles. The van der Waals surface area contributed by atoms with Crippen LogP contribution in [0.3, 0.4) is 0 Å². The van der Waals surface area contributed by atoms with E-state index in [0.717, 1.165) is 17.9 Å². The Morgan fingerprint density at radius 3 is 2.82 bits per heavy atom. The lowest BCUT2D eigenvalue weighted by Crippen LogP contribution is -2.18. The Kier molecular flexibility index (Phi) is 3.58. The van der Waals surface area contributed by atoms with Crippen LogP contribution in [0.4, 0.5) is 0 Å². The van der Waals surface area contributed by atoms with E-state index in [0.29, 0.717) is 18.3 Å². The second-order valence-corrected chi connectivity index (χ2v) is 4.01. The first-order valence-corrected chi connectivity index (χ1v) is 5.80. The van der Waals surface area contributed by atoms with Crippen molar-refractivity contribution in [2.24, 2.45) is 0 Å². The van der Waals surface area contributed by atoms with E-state index >= 15 is 0 Å². The first kappa shape index (κ1) is 11.9. The molecule has 0 aliphatic rings. The number of rotatable bonds is 5. The number of hydrogen-bond acceptors (Lipinski definition) is 5. The minimum atomic E-state index is 0.132. The minimum Gasteiger partial charge on any atom is -0.465 e. The Bertz CT molecular complexity index is 476. The molecular weight excluding hydrogens is 218 g/mol. The van der Waals surface area contributed by atoms with Crippen molar-refractivity contribution in [3.8, 4) is 0 Å². The predicted molar refractivity (Wildman–Crippen MR) is 62.4 cm³/mol. The van der Waals surface area contributed by atoms with Gasteiger partial charge in [0.2, 0.25) is 5.89 Å². The molecule has 2 rings (SSSR count). The Balaban J connectivity index is 1.89. The molecule has 92 valence electrons. The second kappa shape index (κ2) is 5.14. The summed E-state index contributed by atoms with van der Waals surface area (Å²) >= 11 is 0. The van der Waals surface area contributed by atoms with Gasteiger partial charge in [-0.2, -0.15) is 4.98 Å². The summed E-state index contributed by atoms with van der Waals surface area (Å²) in [7, 11) is 0. The van der Waals surface area contributed by atoms with E-state index < -0.39 is 0 Å². The number of furan rings is 1. The molecule has 0 saturated carbocycles. The summed E-state index contributed by atoms with van der Waals surface area (Å²) in [4.78, 5) is 4.23. The molecule has 0 radical (unpaired) electrons. The van der Waals surface area contributed by atoms with E-state index in [2.05, 4.69) is 15.5 Å². The zero-order valence-corrected chi connectivity index (χ0v) is 10.4. The molecule has 5 nitrogen and oxygen atoms in total. The van der Waals surface area contributed by atoms with E-state index in [4.69, 9.17) is 8.94 Å². The molecule has 0 bridgehead atoms. The SMILES string of the molecule is CCc1nc(CN[C@H](C)c2ccc(C)o2)no1. The zero-order chi connectivity index (χ0) is 12.3. The Morgan fingerprint density at radius 2 is 2.24 bits per heavy atom. The third kappa shape index (κ3) is 2.94. The predicted octanol–water partition coefficient (Wildman–Crippen LogP) is 2.38. The van der Waals surface area contributed by atoms with Crippen LogP contribution in [0, 0.1) is 6.92 Å². The van der Waals surface area contributed by atoms with Gasteiger partial charge in [0, 0.05) is 6.42 Å². The topological polar surface area (TPSA) is 64.1 Å². The maximum atomic E-state index is 5.53. The molecule has 0 fully saturated rings. The van der Waals surface area contributed by atoms with Crippen molar-refractivity contribution in [2.45, 2.75) is 39.8 Å². The Hall–Kier alpha value is -1.62. The van der Waals surface area contributed by atoms with Crippen molar-refractivity contribution >= 4 is 0 Å². The second-order valence-electron chi connectivity index (χ2n) is 4.01. The fourth-order valence-corrected chi connectivity index (χ4v) is 1.54. The first-order chi connectivity index (χ1) is 8.19. The standard InChI is InChI=1S/C12H17N3O2/c1-4-12-14-11(15-17-12)7-13-9(3)10-6-5-8(2)16-10/h5-6,9,13H,4,7H2,1-3H3/t9-/m1/s1. The van der Waals surface area contributed by atoms with Gasteiger partial charge in [-0.25, -0.2) is 0 Å². The van der Waals surface area contributed by atoms with Gasteiger partial charge >= 0.3 is 0 Å². The number of aryl methyl sites for hydroxylation is 2. The summed E-state index contributed by atoms with van der Waals surface area (Å²) in [5.74, 6) is 3.18. The van der Waals surface area contributed by atoms with Crippen molar-refractivity contribution in [2.75, 3.05) is 0 Å². The average Bonchev–Trinajstić information content (AvgIpc) is 2.94. The molecule has 0 spiro atoms. The molecule has 1 atom stereocenters. The van der Waals surface area contributed by atoms with Gasteiger partial charge in [0.05, 0.1) is 12.6 Å². The molecule has 0 saturated heterocycles. The normalized spacial score (nSPS) is 12.9. The molecule has 2 aromatic rings. The summed E-state index contributed by atoms with van der Waals surface area (Å²) in [5.41, 5.74) is 0. The van der Waals surface area contributed by atoms with Crippen molar-refractivity contribution in [3.05, 3.63) is 35.4 Å². The van der Waals surface area contributed by atoms with E-state index in [9.17, 15) is 0 Å². The van der Waals surface area contributed by atoms with Gasteiger partial charge in [0.25, 0.3) is 0 Å². The summed E-state index contributed by atoms with van der Waals surface area (Å²) in [6.07, 6.45) is 0.764. The van der Waals surface area contributed by atoms with E-state index in [1.54, 1.807) is 0 Å². The summed E-state index contributed by atoms with van der Waals surface area (Å²) < 4.78 is 10.6. The minimum absolute atomic E-state index is 0.132. The lowest BCUT2D eigenvalue weighted by atomic mass is 10.2. The molecule has 0 aromatic carbocycles. The van der Waals surface area contributed by atoms with Crippen LogP contribution in [0.1, 0.15) is 43.1 Å². The van der Waals surface area contributed by atoms with Crippen molar-refractivity contribution in [3.63, 3.8) is 0 Å². The Labute approximate surface area is 100 Å². The highest BCUT2D eigenvalue weighted by atomic mass is 16.5. The van der Waals surface area contributed by atoms with Gasteiger partial charge in [0.15, 0.2) is 5.82 Å². The monoisotopic (exact) mass is 235 g/mol. The van der Waals surface area contributed by atoms with Gasteiger partial charge in [-0.15, -0.1) is 0 Å². The molecule has 5 heteroatoms. The maximum absolute atomic E-state index is 5.53. The van der Waals surface area contributed by atoms with E-state index in [1.807, 2.05) is 32.9 Å². The van der Waals surface area contributed by atoms with Crippen LogP contribution in [0.25, 0.3) is 0 Å². The fraction of sp³-hybridized carbons (Fsp3) is 0.500. The van der Waals surface area contributed by atoms with Gasteiger partial charge in [-0.1, -0.05) is 12.1 Å². The molecule has 2 aromatic heterocycles. The van der Waals surface area contributed by atoms with Crippen LogP contribution in [-0.4, -0.2) is 10.1 Å². The highest BCUT2D eigenvalue weighted by Gasteiger charge is 2.10. The highest BCUT2D eigenvalue weighted by molar-refractivity contribution is 5.08. The fourth-order valence-electron chi connectivity index (χ4n) is 1.54. The number of nitrogens with one attached hydrogen (secondary N) is 1. The van der Waals surface area contributed by atoms with Crippen LogP contribution < -0.4 is 5.32 Å². The number of hydrogen-bond donors (Lipinski definition) is 1. The summed E-state index contributed by atoms with van der Waals surface area (Å²) in [5, 5.41) is 7.17. The van der Waals surface area contributed by atoms with E-state index in [-0.39, 0.29) is 6.04 Å². The number of aromatic nitrogens is 2. The van der Waals surface area contributed by atoms with Crippen LogP contribution in [0.5, 0.6) is 0 Å². The van der Waals surface area contributed by atoms with Gasteiger partial charge < -0.3 is 14.3 Å². The molecule has 0 aliphatic heterocycles. The van der Waals surface area contributed by atoms with Crippen LogP contribution in [-0.2, 0) is 13.0 Å². The number of nitrogens with zero attached hydrogens (tertiary/aromatic N) is 2. The smallest absolute Gasteiger partial charge is 0.226 e. The lowest BCUT2D eigenvalue weighted by molar-refractivity contribution is 0.370. The van der Waals surface area contributed by atoms with Crippen molar-refractivity contribution in [1.82, 2.24) is 15.5 Å². The lowest BCUT2D eigenvalue weighted by Gasteiger charge is -2.08. The molecule has 1 N–H and O–H groups in total. The third-order valence-electron chi connectivity index (χ3n) is 2.57. The van der Waals surface area contributed by atoms with Crippen LogP contribution in [0.15, 0.2) is 21.1 Å². The zero-order valence-electron chi connectivity index (χ0n) is 10.4. The molecular formula is C12H17N3O2. The molecule has 2 heterocycles. The highest BCUT2D eigenvalue weighted by Crippen LogP contribution is 2.15. The van der Waals surface area contributed by atoms with E-state index in [1.165, 1.54) is 0 Å². The van der Waals surface area contributed by atoms with Gasteiger partial charge in [-0.05, 0) is 26.0 Å². The molecule has 0 unspecified atom stereocenters. The summed E-state index contributed by atoms with van der Waals surface area (Å²) in [6.45, 7) is 6.53. The van der Waals surface area contributed by atoms with Crippen LogP contribution in [0.2, 0.25) is 0 Å². The maximum Gasteiger partial charge on any atom is 0.226 e. The van der Waals surface area contributed by atoms with Crippen molar-refractivity contribution in [1.29, 1.82) is 0 Å². The van der Waals surface area contributed by atoms with Gasteiger partial charge in [-0.3, -0.25) is 0 Å². The van der Waals surface area contributed by atoms with Crippen molar-refractivity contribution < 1.29 is 8.94 Å². The Morgan fingerprint density at radius 1 is 1.41 bits per heavy atom. The average molecular weight is 235 g/mol. The van der Waals surface area contributed by atoms with Crippen LogP contribution >= 0.6 is 0 Å². The third-order valence-corrected chi connectivity index (χ3v) is 2.57. The first-order valence-electron chi connectivity index (χ1n) is 5.80. The van der Waals surface area contributed by atoms with Gasteiger partial charge in [0.1, 0.15) is 11.5 Å². The summed E-state index contributed by atoms with van der Waals surface area (Å²) in [6, 6.07) is 4.06. The molecule has 0 amide bonds. The quantitative estimate of drug-likeness (QED) is 0.862. The largest absolute Gasteiger partial charge is 0.465 e. The molecule has 17 heavy (non-hydrogen) atoms.